The first kappa shape index (κ1) is 26.1. The molecule has 190 valence electrons. The highest BCUT2D eigenvalue weighted by Crippen LogP contribution is 2.48. The van der Waals surface area contributed by atoms with Crippen LogP contribution in [0.15, 0.2) is 45.8 Å². The quantitative estimate of drug-likeness (QED) is 0.319. The second-order valence-electron chi connectivity index (χ2n) is 8.72. The first-order chi connectivity index (χ1) is 17.3. The fourth-order valence-corrected chi connectivity index (χ4v) is 6.84. The first-order valence-corrected chi connectivity index (χ1v) is 13.7. The zero-order valence-electron chi connectivity index (χ0n) is 21.7. The summed E-state index contributed by atoms with van der Waals surface area (Å²) in [6.45, 7) is 9.70. The fraction of sp³-hybridized carbons (Fsp3) is 0.357. The van der Waals surface area contributed by atoms with Crippen molar-refractivity contribution in [2.45, 2.75) is 52.0 Å². The molecular weight excluding hydrogens is 492 g/mol. The van der Waals surface area contributed by atoms with Gasteiger partial charge in [-0.2, -0.15) is 4.57 Å². The number of nitrogens with zero attached hydrogens (tertiary/aromatic N) is 2. The topological polar surface area (TPSA) is 62.9 Å². The van der Waals surface area contributed by atoms with Crippen LogP contribution >= 0.6 is 23.1 Å². The Morgan fingerprint density at radius 2 is 1.78 bits per heavy atom. The highest BCUT2D eigenvalue weighted by Gasteiger charge is 2.26. The van der Waals surface area contributed by atoms with E-state index in [0.717, 1.165) is 50.8 Å². The summed E-state index contributed by atoms with van der Waals surface area (Å²) in [6.07, 6.45) is 5.38. The minimum atomic E-state index is -0.802. The molecule has 1 aliphatic rings. The summed E-state index contributed by atoms with van der Waals surface area (Å²) >= 11 is 3.42. The minimum Gasteiger partial charge on any atom is -0.496 e. The molecule has 0 fully saturated rings. The number of hydrogen-bond acceptors (Lipinski definition) is 6. The Morgan fingerprint density at radius 3 is 2.42 bits per heavy atom. The van der Waals surface area contributed by atoms with Crippen molar-refractivity contribution in [2.24, 2.45) is 0 Å². The number of anilines is 1. The Morgan fingerprint density at radius 1 is 1.08 bits per heavy atom. The number of allylic oxidation sites excluding steroid dienone is 2. The van der Waals surface area contributed by atoms with Crippen LogP contribution in [0.5, 0.6) is 11.5 Å². The summed E-state index contributed by atoms with van der Waals surface area (Å²) < 4.78 is 14.3. The molecule has 0 unspecified atom stereocenters. The zero-order chi connectivity index (χ0) is 26.0. The predicted molar refractivity (Wildman–Crippen MR) is 149 cm³/mol. The van der Waals surface area contributed by atoms with E-state index in [9.17, 15) is 9.90 Å². The maximum atomic E-state index is 11.4. The summed E-state index contributed by atoms with van der Waals surface area (Å²) in [6, 6.07) is 8.45. The van der Waals surface area contributed by atoms with E-state index in [1.165, 1.54) is 21.2 Å². The number of methoxy groups -OCH3 is 2. The largest absolute Gasteiger partial charge is 0.496 e. The summed E-state index contributed by atoms with van der Waals surface area (Å²) in [5, 5.41) is 11.6. The number of aliphatic carboxylic acids is 1. The Bertz CT molecular complexity index is 1370. The van der Waals surface area contributed by atoms with E-state index in [1.807, 2.05) is 13.0 Å². The van der Waals surface area contributed by atoms with E-state index < -0.39 is 5.97 Å². The molecule has 2 aromatic carbocycles. The summed E-state index contributed by atoms with van der Waals surface area (Å²) in [4.78, 5) is 14.9. The number of carboxylic acids is 1. The van der Waals surface area contributed by atoms with E-state index in [1.54, 1.807) is 37.3 Å². The van der Waals surface area contributed by atoms with Gasteiger partial charge in [0, 0.05) is 29.6 Å². The van der Waals surface area contributed by atoms with Crippen LogP contribution in [0.4, 0.5) is 5.69 Å². The van der Waals surface area contributed by atoms with Gasteiger partial charge in [-0.15, -0.1) is 0 Å². The number of hydrogen-bond donors (Lipinski definition) is 1. The average molecular weight is 526 g/mol. The lowest BCUT2D eigenvalue weighted by molar-refractivity contribution is -0.667. The van der Waals surface area contributed by atoms with E-state index in [4.69, 9.17) is 9.47 Å². The van der Waals surface area contributed by atoms with Crippen molar-refractivity contribution in [3.8, 4) is 11.5 Å². The fourth-order valence-electron chi connectivity index (χ4n) is 4.45. The van der Waals surface area contributed by atoms with Crippen molar-refractivity contribution in [2.75, 3.05) is 25.7 Å². The summed E-state index contributed by atoms with van der Waals surface area (Å²) in [5.74, 6) is 0.941. The Labute approximate surface area is 220 Å². The number of fused-ring (bicyclic) bond motifs is 2. The molecule has 0 bridgehead atoms. The number of ether oxygens (including phenoxy) is 2. The lowest BCUT2D eigenvalue weighted by atomic mass is 10.1. The second-order valence-corrected chi connectivity index (χ2v) is 10.8. The maximum absolute atomic E-state index is 11.4. The first-order valence-electron chi connectivity index (χ1n) is 12.1. The van der Waals surface area contributed by atoms with Crippen LogP contribution in [0, 0.1) is 13.8 Å². The average Bonchev–Trinajstić information content (AvgIpc) is 3.36. The van der Waals surface area contributed by atoms with Gasteiger partial charge in [-0.05, 0) is 62.1 Å². The van der Waals surface area contributed by atoms with Gasteiger partial charge in [0.25, 0.3) is 5.01 Å². The standard InChI is InChI=1S/C28H32N2O4S2/c1-7-19(13-26-29(8-2)20-11-17(3)22(33-5)15-24(20)35-26)14-27-30(10-9-28(31)32)21-12-18(4)23(34-6)16-25(21)36-27/h11-16H,7-10H2,1-6H3/p+1. The Kier molecular flexibility index (Phi) is 7.95. The highest BCUT2D eigenvalue weighted by atomic mass is 32.2. The predicted octanol–water partition coefficient (Wildman–Crippen LogP) is 6.56. The molecule has 4 rings (SSSR count). The van der Waals surface area contributed by atoms with Crippen molar-refractivity contribution in [1.29, 1.82) is 0 Å². The van der Waals surface area contributed by atoms with Crippen LogP contribution < -0.4 is 18.9 Å². The van der Waals surface area contributed by atoms with Gasteiger partial charge in [0.05, 0.1) is 24.9 Å². The van der Waals surface area contributed by atoms with Crippen LogP contribution in [0.1, 0.15) is 42.8 Å². The third-order valence-corrected chi connectivity index (χ3v) is 8.58. The molecule has 1 N–H and O–H groups in total. The third kappa shape index (κ3) is 5.11. The molecule has 0 aliphatic carbocycles. The number of thioether (sulfide) groups is 1. The van der Waals surface area contributed by atoms with Crippen molar-refractivity contribution in [3.63, 3.8) is 0 Å². The molecule has 6 nitrogen and oxygen atoms in total. The van der Waals surface area contributed by atoms with Gasteiger partial charge in [-0.25, -0.2) is 0 Å². The van der Waals surface area contributed by atoms with Gasteiger partial charge in [-0.1, -0.05) is 30.0 Å². The van der Waals surface area contributed by atoms with Gasteiger partial charge < -0.3 is 19.5 Å². The maximum Gasteiger partial charge on any atom is 0.309 e. The summed E-state index contributed by atoms with van der Waals surface area (Å²) in [7, 11) is 3.39. The van der Waals surface area contributed by atoms with Crippen LogP contribution in [0.3, 0.4) is 0 Å². The lowest BCUT2D eigenvalue weighted by Crippen LogP contribution is -2.36. The van der Waals surface area contributed by atoms with Crippen molar-refractivity contribution in [1.82, 2.24) is 0 Å². The van der Waals surface area contributed by atoms with Crippen molar-refractivity contribution < 1.29 is 23.9 Å². The van der Waals surface area contributed by atoms with E-state index >= 15 is 0 Å². The van der Waals surface area contributed by atoms with Gasteiger partial charge in [0.1, 0.15) is 22.6 Å². The normalized spacial score (nSPS) is 14.6. The van der Waals surface area contributed by atoms with Crippen LogP contribution in [-0.4, -0.2) is 31.8 Å². The molecule has 8 heteroatoms. The van der Waals surface area contributed by atoms with Crippen molar-refractivity contribution >= 4 is 51.0 Å². The Hall–Kier alpha value is -2.97. The van der Waals surface area contributed by atoms with Gasteiger partial charge >= 0.3 is 5.97 Å². The van der Waals surface area contributed by atoms with E-state index in [0.29, 0.717) is 6.54 Å². The SMILES string of the molecule is CCC(=C/c1sc2cc(OC)c(C)cc2[n+]1CCC(=O)O)/C=C1\Sc2cc(OC)c(C)cc2N1CC. The molecule has 0 amide bonds. The number of rotatable bonds is 9. The molecule has 2 heterocycles. The number of benzene rings is 2. The molecule has 1 aliphatic heterocycles. The molecule has 36 heavy (non-hydrogen) atoms. The number of thiazole rings is 1. The van der Waals surface area contributed by atoms with Gasteiger partial charge in [-0.3, -0.25) is 4.79 Å². The molecule has 0 saturated carbocycles. The molecule has 0 radical (unpaired) electrons. The zero-order valence-corrected chi connectivity index (χ0v) is 23.3. The van der Waals surface area contributed by atoms with Gasteiger partial charge in [0.2, 0.25) is 5.52 Å². The van der Waals surface area contributed by atoms with Crippen LogP contribution in [-0.2, 0) is 11.3 Å². The lowest BCUT2D eigenvalue weighted by Gasteiger charge is -2.19. The number of carbonyl (C=O) groups is 1. The second kappa shape index (κ2) is 11.0. The van der Waals surface area contributed by atoms with Crippen molar-refractivity contribution in [3.05, 3.63) is 57.1 Å². The van der Waals surface area contributed by atoms with E-state index in [-0.39, 0.29) is 6.42 Å². The van der Waals surface area contributed by atoms with Crippen LogP contribution in [0.25, 0.3) is 16.3 Å². The molecule has 1 aromatic heterocycles. The summed E-state index contributed by atoms with van der Waals surface area (Å²) in [5.41, 5.74) is 5.59. The number of carboxylic acid groups (broad SMARTS) is 1. The molecule has 0 spiro atoms. The van der Waals surface area contributed by atoms with Gasteiger partial charge in [0.15, 0.2) is 6.54 Å². The smallest absolute Gasteiger partial charge is 0.309 e. The molecule has 0 saturated heterocycles. The van der Waals surface area contributed by atoms with E-state index in [2.05, 4.69) is 60.6 Å². The molecule has 0 atom stereocenters. The molecular formula is C28H33N2O4S2+. The van der Waals surface area contributed by atoms with Crippen LogP contribution in [0.2, 0.25) is 0 Å². The highest BCUT2D eigenvalue weighted by molar-refractivity contribution is 8.03. The number of aromatic nitrogens is 1. The Balaban J connectivity index is 1.78. The molecule has 3 aromatic rings. The third-order valence-electron chi connectivity index (χ3n) is 6.39. The number of aryl methyl sites for hydroxylation is 3. The minimum absolute atomic E-state index is 0.0704. The monoisotopic (exact) mass is 525 g/mol.